The maximum absolute atomic E-state index is 13.4. The normalized spacial score (nSPS) is 12.5. The molecule has 0 aliphatic heterocycles. The monoisotopic (exact) mass is 278 g/mol. The molecule has 0 fully saturated rings. The minimum Gasteiger partial charge on any atom is -0.384 e. The Hall–Kier alpha value is -1.38. The largest absolute Gasteiger partial charge is 0.384 e. The molecule has 0 saturated heterocycles. The van der Waals surface area contributed by atoms with Crippen LogP contribution in [-0.4, -0.2) is 5.11 Å². The van der Waals surface area contributed by atoms with Gasteiger partial charge in [0.1, 0.15) is 11.9 Å². The highest BCUT2D eigenvalue weighted by atomic mass is 35.5. The van der Waals surface area contributed by atoms with Gasteiger partial charge < -0.3 is 5.11 Å². The second-order valence-electron chi connectivity index (χ2n) is 4.92. The third-order valence-corrected chi connectivity index (χ3v) is 3.63. The van der Waals surface area contributed by atoms with Crippen LogP contribution >= 0.6 is 11.6 Å². The quantitative estimate of drug-likeness (QED) is 0.858. The Bertz CT molecular complexity index is 602. The van der Waals surface area contributed by atoms with Crippen molar-refractivity contribution in [2.75, 3.05) is 0 Å². The molecular weight excluding hydrogens is 263 g/mol. The fourth-order valence-electron chi connectivity index (χ4n) is 2.20. The lowest BCUT2D eigenvalue weighted by molar-refractivity contribution is 0.219. The molecule has 0 aliphatic carbocycles. The molecule has 0 saturated carbocycles. The zero-order chi connectivity index (χ0) is 14.2. The lowest BCUT2D eigenvalue weighted by atomic mass is 9.95. The minimum atomic E-state index is -0.842. The van der Waals surface area contributed by atoms with Gasteiger partial charge in [-0.15, -0.1) is 0 Å². The van der Waals surface area contributed by atoms with Crippen LogP contribution in [0.4, 0.5) is 4.39 Å². The molecule has 19 heavy (non-hydrogen) atoms. The summed E-state index contributed by atoms with van der Waals surface area (Å²) in [5, 5.41) is 11.1. The molecule has 1 unspecified atom stereocenters. The van der Waals surface area contributed by atoms with Gasteiger partial charge in [-0.1, -0.05) is 23.7 Å². The highest BCUT2D eigenvalue weighted by Gasteiger charge is 2.15. The van der Waals surface area contributed by atoms with Crippen molar-refractivity contribution in [3.8, 4) is 0 Å². The molecule has 0 aromatic heterocycles. The zero-order valence-electron chi connectivity index (χ0n) is 11.2. The van der Waals surface area contributed by atoms with E-state index in [1.165, 1.54) is 12.1 Å². The Morgan fingerprint density at radius 1 is 1.00 bits per heavy atom. The lowest BCUT2D eigenvalue weighted by Gasteiger charge is -2.16. The molecular formula is C16H16ClFO. The Morgan fingerprint density at radius 2 is 1.68 bits per heavy atom. The summed E-state index contributed by atoms with van der Waals surface area (Å²) in [5.74, 6) is -0.336. The topological polar surface area (TPSA) is 20.2 Å². The number of aliphatic hydroxyl groups excluding tert-OH is 1. The Kier molecular flexibility index (Phi) is 3.93. The van der Waals surface area contributed by atoms with Crippen LogP contribution in [0.1, 0.15) is 33.9 Å². The summed E-state index contributed by atoms with van der Waals surface area (Å²) in [6.45, 7) is 5.57. The number of aliphatic hydroxyl groups is 1. The van der Waals surface area contributed by atoms with E-state index in [0.29, 0.717) is 10.6 Å². The van der Waals surface area contributed by atoms with Crippen molar-refractivity contribution in [2.45, 2.75) is 26.9 Å². The number of hydrogen-bond acceptors (Lipinski definition) is 1. The van der Waals surface area contributed by atoms with Crippen LogP contribution in [0.25, 0.3) is 0 Å². The van der Waals surface area contributed by atoms with E-state index in [9.17, 15) is 9.50 Å². The Morgan fingerprint density at radius 3 is 2.32 bits per heavy atom. The molecule has 0 amide bonds. The summed E-state index contributed by atoms with van der Waals surface area (Å²) in [6.07, 6.45) is -0.842. The number of aryl methyl sites for hydroxylation is 3. The molecule has 0 bridgehead atoms. The molecule has 0 heterocycles. The first-order valence-electron chi connectivity index (χ1n) is 6.10. The first-order chi connectivity index (χ1) is 8.88. The molecule has 2 aromatic carbocycles. The minimum absolute atomic E-state index is 0.336. The first kappa shape index (κ1) is 14.0. The van der Waals surface area contributed by atoms with Crippen molar-refractivity contribution < 1.29 is 9.50 Å². The van der Waals surface area contributed by atoms with Gasteiger partial charge in [0.15, 0.2) is 0 Å². The SMILES string of the molecule is Cc1cc(F)cc(C(O)c2cc(C)c(Cl)cc2C)c1. The van der Waals surface area contributed by atoms with Crippen LogP contribution in [0.5, 0.6) is 0 Å². The second kappa shape index (κ2) is 5.32. The van der Waals surface area contributed by atoms with E-state index in [4.69, 9.17) is 11.6 Å². The summed E-state index contributed by atoms with van der Waals surface area (Å²) in [6, 6.07) is 8.26. The van der Waals surface area contributed by atoms with Crippen molar-refractivity contribution in [3.05, 3.63) is 69.0 Å². The van der Waals surface area contributed by atoms with E-state index >= 15 is 0 Å². The van der Waals surface area contributed by atoms with Crippen molar-refractivity contribution in [2.24, 2.45) is 0 Å². The van der Waals surface area contributed by atoms with E-state index in [2.05, 4.69) is 0 Å². The average molecular weight is 279 g/mol. The summed E-state index contributed by atoms with van der Waals surface area (Å²) >= 11 is 6.05. The Balaban J connectivity index is 2.49. The molecule has 1 atom stereocenters. The summed E-state index contributed by atoms with van der Waals surface area (Å²) in [7, 11) is 0. The average Bonchev–Trinajstić information content (AvgIpc) is 2.31. The van der Waals surface area contributed by atoms with E-state index in [0.717, 1.165) is 22.3 Å². The van der Waals surface area contributed by atoms with Gasteiger partial charge in [0, 0.05) is 5.02 Å². The van der Waals surface area contributed by atoms with Gasteiger partial charge in [0.2, 0.25) is 0 Å². The van der Waals surface area contributed by atoms with Crippen LogP contribution in [0.3, 0.4) is 0 Å². The van der Waals surface area contributed by atoms with Crippen LogP contribution in [0, 0.1) is 26.6 Å². The molecule has 100 valence electrons. The van der Waals surface area contributed by atoms with Gasteiger partial charge in [0.25, 0.3) is 0 Å². The van der Waals surface area contributed by atoms with Crippen LogP contribution in [0.2, 0.25) is 5.02 Å². The first-order valence-corrected chi connectivity index (χ1v) is 6.48. The molecule has 3 heteroatoms. The number of hydrogen-bond donors (Lipinski definition) is 1. The molecule has 1 nitrogen and oxygen atoms in total. The molecule has 2 aromatic rings. The summed E-state index contributed by atoms with van der Waals surface area (Å²) in [5.41, 5.74) is 3.89. The van der Waals surface area contributed by atoms with Crippen LogP contribution < -0.4 is 0 Å². The van der Waals surface area contributed by atoms with Crippen molar-refractivity contribution in [3.63, 3.8) is 0 Å². The highest BCUT2D eigenvalue weighted by Crippen LogP contribution is 2.29. The van der Waals surface area contributed by atoms with Crippen molar-refractivity contribution in [1.29, 1.82) is 0 Å². The van der Waals surface area contributed by atoms with Gasteiger partial charge >= 0.3 is 0 Å². The van der Waals surface area contributed by atoms with E-state index in [-0.39, 0.29) is 5.82 Å². The molecule has 2 rings (SSSR count). The predicted octanol–water partition coefficient (Wildman–Crippen LogP) is 4.49. The maximum Gasteiger partial charge on any atom is 0.123 e. The van der Waals surface area contributed by atoms with Gasteiger partial charge in [-0.3, -0.25) is 0 Å². The maximum atomic E-state index is 13.4. The Labute approximate surface area is 117 Å². The molecule has 0 aliphatic rings. The van der Waals surface area contributed by atoms with Gasteiger partial charge in [-0.05, 0) is 66.8 Å². The molecule has 0 spiro atoms. The number of benzene rings is 2. The highest BCUT2D eigenvalue weighted by molar-refractivity contribution is 6.31. The van der Waals surface area contributed by atoms with Crippen molar-refractivity contribution in [1.82, 2.24) is 0 Å². The fraction of sp³-hybridized carbons (Fsp3) is 0.250. The smallest absolute Gasteiger partial charge is 0.123 e. The van der Waals surface area contributed by atoms with Gasteiger partial charge in [-0.25, -0.2) is 4.39 Å². The summed E-state index contributed by atoms with van der Waals surface area (Å²) < 4.78 is 13.4. The van der Waals surface area contributed by atoms with Crippen LogP contribution in [-0.2, 0) is 0 Å². The third kappa shape index (κ3) is 2.96. The number of rotatable bonds is 2. The summed E-state index contributed by atoms with van der Waals surface area (Å²) in [4.78, 5) is 0. The lowest BCUT2D eigenvalue weighted by Crippen LogP contribution is -2.04. The van der Waals surface area contributed by atoms with E-state index in [1.54, 1.807) is 13.0 Å². The standard InChI is InChI=1S/C16H16ClFO/c1-9-4-12(8-13(18)5-9)16(19)14-6-11(3)15(17)7-10(14)2/h4-8,16,19H,1-3H3. The third-order valence-electron chi connectivity index (χ3n) is 3.22. The second-order valence-corrected chi connectivity index (χ2v) is 5.33. The molecule has 0 radical (unpaired) electrons. The number of halogens is 2. The fourth-order valence-corrected chi connectivity index (χ4v) is 2.42. The van der Waals surface area contributed by atoms with Gasteiger partial charge in [0.05, 0.1) is 0 Å². The van der Waals surface area contributed by atoms with Gasteiger partial charge in [-0.2, -0.15) is 0 Å². The zero-order valence-corrected chi connectivity index (χ0v) is 11.9. The van der Waals surface area contributed by atoms with E-state index in [1.807, 2.05) is 26.0 Å². The van der Waals surface area contributed by atoms with E-state index < -0.39 is 6.10 Å². The van der Waals surface area contributed by atoms with Crippen LogP contribution in [0.15, 0.2) is 30.3 Å². The van der Waals surface area contributed by atoms with Crippen molar-refractivity contribution >= 4 is 11.6 Å². The predicted molar refractivity (Wildman–Crippen MR) is 76.1 cm³/mol. The molecule has 1 N–H and O–H groups in total.